The maximum atomic E-state index is 11.4. The van der Waals surface area contributed by atoms with Gasteiger partial charge in [0.1, 0.15) is 34.6 Å². The van der Waals surface area contributed by atoms with E-state index >= 15 is 0 Å². The number of nitriles is 1. The Kier molecular flexibility index (Phi) is 15.7. The van der Waals surface area contributed by atoms with Crippen molar-refractivity contribution in [2.45, 2.75) is 65.2 Å². The van der Waals surface area contributed by atoms with Crippen LogP contribution in [0.4, 0.5) is 17.1 Å². The molecule has 52 heavy (non-hydrogen) atoms. The molecule has 0 spiro atoms. The first-order valence-electron chi connectivity index (χ1n) is 18.1. The number of carboxylic acids is 1. The highest BCUT2D eigenvalue weighted by Crippen LogP contribution is 2.37. The standard InChI is InChI=1S/C44H50N2O6/c1-5-7-9-11-27-51-40-23-19-38(20-24-40)46(39-21-25-41(26-22-39)52-28-12-10-8-6-2)37-17-14-33(15-18-37)13-16-34-30-43(50-4)35(31-42(34)49-3)29-36(32-45)44(47)48/h13-26,29-31H,5-12,27-28H2,1-4H3,(H,47,48)/b16-13-,36-29+. The van der Waals surface area contributed by atoms with Gasteiger partial charge < -0.3 is 29.0 Å². The molecule has 8 nitrogen and oxygen atoms in total. The summed E-state index contributed by atoms with van der Waals surface area (Å²) in [6.07, 6.45) is 14.5. The van der Waals surface area contributed by atoms with Gasteiger partial charge in [0.05, 0.1) is 27.4 Å². The first-order chi connectivity index (χ1) is 25.4. The molecule has 272 valence electrons. The van der Waals surface area contributed by atoms with Gasteiger partial charge in [0.2, 0.25) is 0 Å². The Labute approximate surface area is 308 Å². The molecular weight excluding hydrogens is 652 g/mol. The van der Waals surface area contributed by atoms with Crippen molar-refractivity contribution >= 4 is 41.3 Å². The first-order valence-corrected chi connectivity index (χ1v) is 18.1. The molecule has 0 saturated heterocycles. The second-order valence-electron chi connectivity index (χ2n) is 12.4. The lowest BCUT2D eigenvalue weighted by molar-refractivity contribution is -0.132. The van der Waals surface area contributed by atoms with E-state index < -0.39 is 11.5 Å². The van der Waals surface area contributed by atoms with E-state index in [1.807, 2.05) is 48.6 Å². The van der Waals surface area contributed by atoms with Crippen LogP contribution in [0.3, 0.4) is 0 Å². The number of hydrogen-bond acceptors (Lipinski definition) is 7. The van der Waals surface area contributed by atoms with Crippen molar-refractivity contribution in [2.75, 3.05) is 32.3 Å². The molecule has 0 aliphatic rings. The van der Waals surface area contributed by atoms with E-state index in [2.05, 4.69) is 55.1 Å². The Morgan fingerprint density at radius 1 is 0.673 bits per heavy atom. The third-order valence-corrected chi connectivity index (χ3v) is 8.56. The topological polar surface area (TPSA) is 101 Å². The van der Waals surface area contributed by atoms with Crippen LogP contribution in [0.15, 0.2) is 90.5 Å². The summed E-state index contributed by atoms with van der Waals surface area (Å²) in [6, 6.07) is 29.8. The van der Waals surface area contributed by atoms with Crippen molar-refractivity contribution in [1.82, 2.24) is 0 Å². The molecular formula is C44H50N2O6. The summed E-state index contributed by atoms with van der Waals surface area (Å²) in [6.45, 7) is 5.84. The maximum absolute atomic E-state index is 11.4. The van der Waals surface area contributed by atoms with Gasteiger partial charge in [0.25, 0.3) is 0 Å². The summed E-state index contributed by atoms with van der Waals surface area (Å²) in [4.78, 5) is 13.6. The van der Waals surface area contributed by atoms with Crippen LogP contribution in [0.1, 0.15) is 81.9 Å². The largest absolute Gasteiger partial charge is 0.496 e. The van der Waals surface area contributed by atoms with Gasteiger partial charge in [-0.15, -0.1) is 0 Å². The minimum absolute atomic E-state index is 0.401. The van der Waals surface area contributed by atoms with Crippen LogP contribution in [0.2, 0.25) is 0 Å². The highest BCUT2D eigenvalue weighted by atomic mass is 16.5. The van der Waals surface area contributed by atoms with Gasteiger partial charge in [-0.05, 0) is 97.3 Å². The Morgan fingerprint density at radius 2 is 1.13 bits per heavy atom. The SMILES string of the molecule is CCCCCCOc1ccc(N(c2ccc(/C=C\c3cc(OC)c(/C=C(\C#N)C(=O)O)cc3OC)cc2)c2ccc(OCCCCCC)cc2)cc1. The molecule has 0 heterocycles. The second-order valence-corrected chi connectivity index (χ2v) is 12.4. The number of aliphatic carboxylic acids is 1. The zero-order valence-corrected chi connectivity index (χ0v) is 30.8. The zero-order chi connectivity index (χ0) is 37.1. The Hall–Kier alpha value is -5.68. The maximum Gasteiger partial charge on any atom is 0.346 e. The normalized spacial score (nSPS) is 11.2. The summed E-state index contributed by atoms with van der Waals surface area (Å²) >= 11 is 0. The fourth-order valence-corrected chi connectivity index (χ4v) is 5.67. The van der Waals surface area contributed by atoms with Crippen molar-refractivity contribution in [2.24, 2.45) is 0 Å². The van der Waals surface area contributed by atoms with Gasteiger partial charge in [-0.1, -0.05) is 76.7 Å². The van der Waals surface area contributed by atoms with Crippen LogP contribution in [-0.4, -0.2) is 38.5 Å². The number of ether oxygens (including phenoxy) is 4. The zero-order valence-electron chi connectivity index (χ0n) is 30.8. The predicted octanol–water partition coefficient (Wildman–Crippen LogP) is 11.3. The van der Waals surface area contributed by atoms with E-state index in [9.17, 15) is 15.2 Å². The van der Waals surface area contributed by atoms with E-state index in [1.165, 1.54) is 58.8 Å². The Balaban J connectivity index is 1.58. The van der Waals surface area contributed by atoms with Gasteiger partial charge in [0, 0.05) is 28.2 Å². The highest BCUT2D eigenvalue weighted by Gasteiger charge is 2.15. The summed E-state index contributed by atoms with van der Waals surface area (Å²) < 4.78 is 23.2. The fraction of sp³-hybridized carbons (Fsp3) is 0.318. The average molecular weight is 703 g/mol. The van der Waals surface area contributed by atoms with Crippen molar-refractivity contribution in [3.8, 4) is 29.1 Å². The third kappa shape index (κ3) is 11.4. The number of anilines is 3. The lowest BCUT2D eigenvalue weighted by atomic mass is 10.0. The van der Waals surface area contributed by atoms with Crippen molar-refractivity contribution in [1.29, 1.82) is 5.26 Å². The molecule has 4 rings (SSSR count). The van der Waals surface area contributed by atoms with Crippen LogP contribution in [0.25, 0.3) is 18.2 Å². The molecule has 0 atom stereocenters. The molecule has 0 bridgehead atoms. The van der Waals surface area contributed by atoms with Crippen LogP contribution >= 0.6 is 0 Å². The van der Waals surface area contributed by atoms with Crippen molar-refractivity contribution in [3.63, 3.8) is 0 Å². The Morgan fingerprint density at radius 3 is 1.58 bits per heavy atom. The summed E-state index contributed by atoms with van der Waals surface area (Å²) in [5, 5.41) is 18.5. The predicted molar refractivity (Wildman–Crippen MR) is 210 cm³/mol. The second kappa shape index (κ2) is 20.9. The molecule has 1 N–H and O–H groups in total. The van der Waals surface area contributed by atoms with Crippen LogP contribution in [0, 0.1) is 11.3 Å². The number of carboxylic acid groups (broad SMARTS) is 1. The number of carbonyl (C=O) groups is 1. The summed E-state index contributed by atoms with van der Waals surface area (Å²) in [5.74, 6) is 1.33. The van der Waals surface area contributed by atoms with E-state index in [-0.39, 0.29) is 0 Å². The van der Waals surface area contributed by atoms with Gasteiger partial charge in [-0.25, -0.2) is 4.79 Å². The van der Waals surface area contributed by atoms with E-state index in [4.69, 9.17) is 18.9 Å². The quantitative estimate of drug-likeness (QED) is 0.0396. The van der Waals surface area contributed by atoms with E-state index in [0.29, 0.717) is 30.3 Å². The molecule has 4 aromatic carbocycles. The van der Waals surface area contributed by atoms with Gasteiger partial charge >= 0.3 is 5.97 Å². The molecule has 0 radical (unpaired) electrons. The highest BCUT2D eigenvalue weighted by molar-refractivity contribution is 5.97. The lowest BCUT2D eigenvalue weighted by Gasteiger charge is -2.26. The Bertz CT molecular complexity index is 1750. The smallest absolute Gasteiger partial charge is 0.346 e. The van der Waals surface area contributed by atoms with Gasteiger partial charge in [0.15, 0.2) is 0 Å². The molecule has 0 amide bonds. The molecule has 0 saturated carbocycles. The number of hydrogen-bond donors (Lipinski definition) is 1. The number of unbranched alkanes of at least 4 members (excludes halogenated alkanes) is 6. The lowest BCUT2D eigenvalue weighted by Crippen LogP contribution is -2.10. The van der Waals surface area contributed by atoms with E-state index in [0.717, 1.165) is 52.5 Å². The molecule has 0 unspecified atom stereocenters. The van der Waals surface area contributed by atoms with Crippen molar-refractivity contribution in [3.05, 3.63) is 107 Å². The van der Waals surface area contributed by atoms with Crippen LogP contribution < -0.4 is 23.8 Å². The summed E-state index contributed by atoms with van der Waals surface area (Å²) in [5.41, 5.74) is 4.72. The van der Waals surface area contributed by atoms with Crippen LogP contribution in [-0.2, 0) is 4.79 Å². The minimum Gasteiger partial charge on any atom is -0.496 e. The first kappa shape index (κ1) is 39.1. The van der Waals surface area contributed by atoms with Gasteiger partial charge in [-0.3, -0.25) is 0 Å². The monoisotopic (exact) mass is 702 g/mol. The number of nitrogens with zero attached hydrogens (tertiary/aromatic N) is 2. The van der Waals surface area contributed by atoms with Crippen LogP contribution in [0.5, 0.6) is 23.0 Å². The van der Waals surface area contributed by atoms with Gasteiger partial charge in [-0.2, -0.15) is 5.26 Å². The average Bonchev–Trinajstić information content (AvgIpc) is 3.17. The van der Waals surface area contributed by atoms with Crippen molar-refractivity contribution < 1.29 is 28.8 Å². The molecule has 0 aromatic heterocycles. The molecule has 0 aliphatic carbocycles. The molecule has 0 aliphatic heterocycles. The van der Waals surface area contributed by atoms with E-state index in [1.54, 1.807) is 18.2 Å². The minimum atomic E-state index is -1.31. The number of benzene rings is 4. The molecule has 4 aromatic rings. The number of methoxy groups -OCH3 is 2. The number of rotatable bonds is 21. The summed E-state index contributed by atoms with van der Waals surface area (Å²) in [7, 11) is 3.03. The third-order valence-electron chi connectivity index (χ3n) is 8.56. The fourth-order valence-electron chi connectivity index (χ4n) is 5.67. The molecule has 0 fully saturated rings. The molecule has 8 heteroatoms.